The summed E-state index contributed by atoms with van der Waals surface area (Å²) in [5.41, 5.74) is 1.34. The summed E-state index contributed by atoms with van der Waals surface area (Å²) in [6, 6.07) is 0. The maximum Gasteiger partial charge on any atom is 0.0598 e. The molecular weight excluding hydrogens is 270 g/mol. The van der Waals surface area contributed by atoms with Crippen LogP contribution in [0.25, 0.3) is 0 Å². The summed E-state index contributed by atoms with van der Waals surface area (Å²) in [6.45, 7) is 22.1. The Morgan fingerprint density at radius 2 is 1.45 bits per heavy atom. The highest BCUT2D eigenvalue weighted by molar-refractivity contribution is 5.10. The first kappa shape index (κ1) is 18.3. The number of hydrogen-bond acceptors (Lipinski definition) is 2. The lowest BCUT2D eigenvalue weighted by atomic mass is 9.71. The van der Waals surface area contributed by atoms with Gasteiger partial charge in [-0.1, -0.05) is 13.8 Å². The normalized spacial score (nSPS) is 36.8. The highest BCUT2D eigenvalue weighted by Crippen LogP contribution is 2.61. The summed E-state index contributed by atoms with van der Waals surface area (Å²) < 4.78 is 5.89. The third kappa shape index (κ3) is 3.87. The van der Waals surface area contributed by atoms with Gasteiger partial charge in [0.2, 0.25) is 0 Å². The van der Waals surface area contributed by atoms with E-state index < -0.39 is 0 Å². The van der Waals surface area contributed by atoms with E-state index in [9.17, 15) is 0 Å². The summed E-state index contributed by atoms with van der Waals surface area (Å²) in [7, 11) is 0. The van der Waals surface area contributed by atoms with Crippen LogP contribution >= 0.6 is 0 Å². The van der Waals surface area contributed by atoms with Crippen LogP contribution in [-0.4, -0.2) is 35.7 Å². The van der Waals surface area contributed by atoms with Crippen molar-refractivity contribution in [2.24, 2.45) is 16.7 Å². The van der Waals surface area contributed by atoms with Gasteiger partial charge in [-0.3, -0.25) is 4.90 Å². The zero-order chi connectivity index (χ0) is 16.8. The Morgan fingerprint density at radius 1 is 0.955 bits per heavy atom. The lowest BCUT2D eigenvalue weighted by molar-refractivity contribution is -0.00612. The first-order valence-electron chi connectivity index (χ1n) is 9.24. The SMILES string of the molecule is CC(C)(C)OCCCC1C[C@@]2(C)CN(C(C)(C)C)C[C@@]2(C)C1. The molecule has 1 saturated heterocycles. The summed E-state index contributed by atoms with van der Waals surface area (Å²) in [4.78, 5) is 2.71. The van der Waals surface area contributed by atoms with Gasteiger partial charge in [0.25, 0.3) is 0 Å². The second kappa shape index (κ2) is 5.77. The van der Waals surface area contributed by atoms with Gasteiger partial charge in [0.05, 0.1) is 5.60 Å². The van der Waals surface area contributed by atoms with Crippen LogP contribution in [0.4, 0.5) is 0 Å². The first-order valence-corrected chi connectivity index (χ1v) is 9.24. The molecule has 1 saturated carbocycles. The number of hydrogen-bond donors (Lipinski definition) is 0. The monoisotopic (exact) mass is 309 g/mol. The van der Waals surface area contributed by atoms with Crippen LogP contribution in [0.3, 0.4) is 0 Å². The van der Waals surface area contributed by atoms with Crippen molar-refractivity contribution in [1.82, 2.24) is 4.90 Å². The van der Waals surface area contributed by atoms with Crippen molar-refractivity contribution in [1.29, 1.82) is 0 Å². The zero-order valence-electron chi connectivity index (χ0n) is 16.4. The molecule has 2 heteroatoms. The van der Waals surface area contributed by atoms with Gasteiger partial charge in [-0.05, 0) is 84.0 Å². The van der Waals surface area contributed by atoms with E-state index >= 15 is 0 Å². The number of ether oxygens (including phenoxy) is 1. The number of likely N-dealkylation sites (tertiary alicyclic amines) is 1. The van der Waals surface area contributed by atoms with Crippen molar-refractivity contribution in [3.8, 4) is 0 Å². The number of rotatable bonds is 4. The Morgan fingerprint density at radius 3 is 1.86 bits per heavy atom. The molecule has 1 aliphatic heterocycles. The Labute approximate surface area is 139 Å². The van der Waals surface area contributed by atoms with Crippen molar-refractivity contribution in [3.05, 3.63) is 0 Å². The van der Waals surface area contributed by atoms with Crippen LogP contribution in [0.15, 0.2) is 0 Å². The minimum atomic E-state index is 0.0113. The van der Waals surface area contributed by atoms with E-state index in [1.807, 2.05) is 0 Å². The molecule has 1 heterocycles. The van der Waals surface area contributed by atoms with Crippen LogP contribution in [0.1, 0.15) is 81.1 Å². The summed E-state index contributed by atoms with van der Waals surface area (Å²) in [5, 5.41) is 0. The van der Waals surface area contributed by atoms with Crippen molar-refractivity contribution in [2.75, 3.05) is 19.7 Å². The predicted molar refractivity (Wildman–Crippen MR) is 95.2 cm³/mol. The minimum absolute atomic E-state index is 0.0113. The molecule has 2 rings (SSSR count). The lowest BCUT2D eigenvalue weighted by Crippen LogP contribution is -2.41. The molecule has 0 N–H and O–H groups in total. The molecule has 130 valence electrons. The molecule has 2 fully saturated rings. The highest BCUT2D eigenvalue weighted by Gasteiger charge is 2.58. The number of fused-ring (bicyclic) bond motifs is 1. The average Bonchev–Trinajstić information content (AvgIpc) is 2.67. The van der Waals surface area contributed by atoms with E-state index in [-0.39, 0.29) is 5.60 Å². The van der Waals surface area contributed by atoms with Gasteiger partial charge < -0.3 is 4.74 Å². The molecule has 0 radical (unpaired) electrons. The van der Waals surface area contributed by atoms with Gasteiger partial charge in [0.1, 0.15) is 0 Å². The molecule has 1 aliphatic carbocycles. The van der Waals surface area contributed by atoms with Crippen LogP contribution in [0, 0.1) is 16.7 Å². The molecular formula is C20H39NO. The van der Waals surface area contributed by atoms with Gasteiger partial charge in [-0.2, -0.15) is 0 Å². The quantitative estimate of drug-likeness (QED) is 0.668. The van der Waals surface area contributed by atoms with Crippen molar-refractivity contribution < 1.29 is 4.74 Å². The largest absolute Gasteiger partial charge is 0.376 e. The molecule has 22 heavy (non-hydrogen) atoms. The van der Waals surface area contributed by atoms with Crippen molar-refractivity contribution in [2.45, 2.75) is 92.2 Å². The Bertz CT molecular complexity index is 371. The fourth-order valence-corrected chi connectivity index (χ4v) is 4.68. The maximum atomic E-state index is 5.89. The Hall–Kier alpha value is -0.0800. The highest BCUT2D eigenvalue weighted by atomic mass is 16.5. The Balaban J connectivity index is 1.85. The first-order chi connectivity index (χ1) is 9.85. The second-order valence-corrected chi connectivity index (χ2v) is 10.5. The van der Waals surface area contributed by atoms with Gasteiger partial charge >= 0.3 is 0 Å². The zero-order valence-corrected chi connectivity index (χ0v) is 16.4. The van der Waals surface area contributed by atoms with Crippen LogP contribution in [-0.2, 0) is 4.74 Å². The average molecular weight is 310 g/mol. The van der Waals surface area contributed by atoms with E-state index in [4.69, 9.17) is 4.74 Å². The molecule has 2 aliphatic rings. The van der Waals surface area contributed by atoms with E-state index in [1.165, 1.54) is 38.8 Å². The molecule has 0 aromatic carbocycles. The lowest BCUT2D eigenvalue weighted by Gasteiger charge is -2.34. The van der Waals surface area contributed by atoms with E-state index in [1.54, 1.807) is 0 Å². The molecule has 0 aromatic rings. The fourth-order valence-electron chi connectivity index (χ4n) is 4.68. The van der Waals surface area contributed by atoms with Crippen LogP contribution in [0.2, 0.25) is 0 Å². The predicted octanol–water partition coefficient (Wildman–Crippen LogP) is 5.12. The summed E-state index contributed by atoms with van der Waals surface area (Å²) in [5.74, 6) is 0.903. The minimum Gasteiger partial charge on any atom is -0.376 e. The second-order valence-electron chi connectivity index (χ2n) is 10.5. The molecule has 1 unspecified atom stereocenters. The third-order valence-corrected chi connectivity index (χ3v) is 6.26. The molecule has 0 amide bonds. The van der Waals surface area contributed by atoms with E-state index in [0.29, 0.717) is 16.4 Å². The van der Waals surface area contributed by atoms with E-state index in [0.717, 1.165) is 12.5 Å². The number of nitrogens with zero attached hydrogens (tertiary/aromatic N) is 1. The van der Waals surface area contributed by atoms with Crippen molar-refractivity contribution in [3.63, 3.8) is 0 Å². The maximum absolute atomic E-state index is 5.89. The summed E-state index contributed by atoms with van der Waals surface area (Å²) >= 11 is 0. The van der Waals surface area contributed by atoms with Gasteiger partial charge in [-0.15, -0.1) is 0 Å². The van der Waals surface area contributed by atoms with E-state index in [2.05, 4.69) is 60.3 Å². The smallest absolute Gasteiger partial charge is 0.0598 e. The van der Waals surface area contributed by atoms with Crippen LogP contribution in [0.5, 0.6) is 0 Å². The molecule has 0 bridgehead atoms. The van der Waals surface area contributed by atoms with Crippen molar-refractivity contribution >= 4 is 0 Å². The van der Waals surface area contributed by atoms with Gasteiger partial charge in [0.15, 0.2) is 0 Å². The van der Waals surface area contributed by atoms with Crippen LogP contribution < -0.4 is 0 Å². The molecule has 0 spiro atoms. The standard InChI is InChI=1S/C20H39NO/c1-17(2,3)21-14-19(7)12-16(13-20(19,8)15-21)10-9-11-22-18(4,5)6/h16H,9-15H2,1-8H3/t16?,19-,20+. The topological polar surface area (TPSA) is 12.5 Å². The summed E-state index contributed by atoms with van der Waals surface area (Å²) in [6.07, 6.45) is 5.38. The molecule has 2 nitrogen and oxygen atoms in total. The fraction of sp³-hybridized carbons (Fsp3) is 1.00. The third-order valence-electron chi connectivity index (χ3n) is 6.26. The Kier molecular flexibility index (Phi) is 4.79. The van der Waals surface area contributed by atoms with Gasteiger partial charge in [0, 0.05) is 25.2 Å². The van der Waals surface area contributed by atoms with Gasteiger partial charge in [-0.25, -0.2) is 0 Å². The molecule has 3 atom stereocenters. The molecule has 0 aromatic heterocycles.